The zero-order chi connectivity index (χ0) is 8.55. The van der Waals surface area contributed by atoms with E-state index in [9.17, 15) is 0 Å². The predicted molar refractivity (Wildman–Crippen MR) is 46.4 cm³/mol. The molecule has 4 nitrogen and oxygen atoms in total. The van der Waals surface area contributed by atoms with Gasteiger partial charge < -0.3 is 0 Å². The SMILES string of the molecule is C=Cn1cnc2cnc(C)nc21. The molecule has 4 heteroatoms. The van der Waals surface area contributed by atoms with E-state index in [1.807, 2.05) is 6.92 Å². The average Bonchev–Trinajstić information content (AvgIpc) is 2.46. The molecule has 0 aliphatic carbocycles. The van der Waals surface area contributed by atoms with E-state index >= 15 is 0 Å². The second-order valence-electron chi connectivity index (χ2n) is 2.46. The van der Waals surface area contributed by atoms with Crippen LogP contribution in [0.2, 0.25) is 0 Å². The highest BCUT2D eigenvalue weighted by Crippen LogP contribution is 2.08. The number of rotatable bonds is 1. The Bertz CT molecular complexity index is 430. The summed E-state index contributed by atoms with van der Waals surface area (Å²) >= 11 is 0. The van der Waals surface area contributed by atoms with E-state index in [0.29, 0.717) is 0 Å². The lowest BCUT2D eigenvalue weighted by Crippen LogP contribution is -1.90. The molecule has 0 saturated carbocycles. The van der Waals surface area contributed by atoms with Crippen LogP contribution in [-0.4, -0.2) is 19.5 Å². The summed E-state index contributed by atoms with van der Waals surface area (Å²) in [4.78, 5) is 12.4. The molecule has 0 aliphatic rings. The van der Waals surface area contributed by atoms with Gasteiger partial charge in [0.25, 0.3) is 0 Å². The number of imidazole rings is 1. The van der Waals surface area contributed by atoms with Crippen molar-refractivity contribution >= 4 is 17.4 Å². The Morgan fingerprint density at radius 2 is 2.33 bits per heavy atom. The van der Waals surface area contributed by atoms with Crippen molar-refractivity contribution in [3.8, 4) is 0 Å². The molecule has 0 saturated heterocycles. The first-order valence-corrected chi connectivity index (χ1v) is 3.60. The van der Waals surface area contributed by atoms with Crippen molar-refractivity contribution in [3.05, 3.63) is 24.9 Å². The summed E-state index contributed by atoms with van der Waals surface area (Å²) in [7, 11) is 0. The normalized spacial score (nSPS) is 10.4. The summed E-state index contributed by atoms with van der Waals surface area (Å²) in [6.45, 7) is 5.49. The van der Waals surface area contributed by atoms with Gasteiger partial charge in [0.1, 0.15) is 17.7 Å². The van der Waals surface area contributed by atoms with E-state index < -0.39 is 0 Å². The van der Waals surface area contributed by atoms with Gasteiger partial charge in [-0.05, 0) is 6.92 Å². The maximum atomic E-state index is 4.22. The maximum absolute atomic E-state index is 4.22. The van der Waals surface area contributed by atoms with Gasteiger partial charge in [0.15, 0.2) is 5.65 Å². The van der Waals surface area contributed by atoms with Gasteiger partial charge in [0, 0.05) is 6.20 Å². The molecule has 60 valence electrons. The van der Waals surface area contributed by atoms with Gasteiger partial charge in [-0.2, -0.15) is 0 Å². The molecule has 12 heavy (non-hydrogen) atoms. The van der Waals surface area contributed by atoms with Crippen LogP contribution >= 0.6 is 0 Å². The third-order valence-electron chi connectivity index (χ3n) is 1.63. The molecule has 0 unspecified atom stereocenters. The molecule has 0 aliphatic heterocycles. The standard InChI is InChI=1S/C8H8N4/c1-3-12-5-10-7-4-9-6(2)11-8(7)12/h3-5H,1H2,2H3. The third-order valence-corrected chi connectivity index (χ3v) is 1.63. The Balaban J connectivity index is 2.83. The quantitative estimate of drug-likeness (QED) is 0.630. The zero-order valence-electron chi connectivity index (χ0n) is 6.73. The predicted octanol–water partition coefficient (Wildman–Crippen LogP) is 1.24. The van der Waals surface area contributed by atoms with Gasteiger partial charge in [-0.1, -0.05) is 6.58 Å². The van der Waals surface area contributed by atoms with Crippen molar-refractivity contribution in [3.63, 3.8) is 0 Å². The molecule has 0 aromatic carbocycles. The highest BCUT2D eigenvalue weighted by molar-refractivity contribution is 5.71. The van der Waals surface area contributed by atoms with Crippen molar-refractivity contribution < 1.29 is 0 Å². The lowest BCUT2D eigenvalue weighted by molar-refractivity contribution is 1.06. The smallest absolute Gasteiger partial charge is 0.167 e. The lowest BCUT2D eigenvalue weighted by atomic mass is 10.5. The molecule has 2 heterocycles. The van der Waals surface area contributed by atoms with Crippen LogP contribution in [0.5, 0.6) is 0 Å². The summed E-state index contributed by atoms with van der Waals surface area (Å²) in [6, 6.07) is 0. The highest BCUT2D eigenvalue weighted by atomic mass is 15.1. The van der Waals surface area contributed by atoms with E-state index in [4.69, 9.17) is 0 Å². The summed E-state index contributed by atoms with van der Waals surface area (Å²) in [5.41, 5.74) is 1.60. The van der Waals surface area contributed by atoms with Gasteiger partial charge in [-0.25, -0.2) is 15.0 Å². The third kappa shape index (κ3) is 0.887. The van der Waals surface area contributed by atoms with Gasteiger partial charge in [-0.15, -0.1) is 0 Å². The van der Waals surface area contributed by atoms with E-state index in [1.165, 1.54) is 0 Å². The average molecular weight is 160 g/mol. The summed E-state index contributed by atoms with van der Waals surface area (Å²) < 4.78 is 1.77. The fourth-order valence-corrected chi connectivity index (χ4v) is 1.05. The topological polar surface area (TPSA) is 43.6 Å². The van der Waals surface area contributed by atoms with Crippen molar-refractivity contribution in [1.29, 1.82) is 0 Å². The van der Waals surface area contributed by atoms with Crippen molar-refractivity contribution in [1.82, 2.24) is 19.5 Å². The molecule has 0 spiro atoms. The van der Waals surface area contributed by atoms with Crippen LogP contribution in [0.1, 0.15) is 5.82 Å². The van der Waals surface area contributed by atoms with Crippen molar-refractivity contribution in [2.45, 2.75) is 6.92 Å². The molecule has 0 amide bonds. The van der Waals surface area contributed by atoms with Gasteiger partial charge in [0.2, 0.25) is 0 Å². The Kier molecular flexibility index (Phi) is 1.40. The summed E-state index contributed by atoms with van der Waals surface area (Å²) in [6.07, 6.45) is 5.05. The van der Waals surface area contributed by atoms with E-state index in [1.54, 1.807) is 23.3 Å². The van der Waals surface area contributed by atoms with Crippen LogP contribution < -0.4 is 0 Å². The number of fused-ring (bicyclic) bond motifs is 1. The van der Waals surface area contributed by atoms with Gasteiger partial charge in [0.05, 0.1) is 6.20 Å². The molecular formula is C8H8N4. The minimum atomic E-state index is 0.742. The number of nitrogens with zero attached hydrogens (tertiary/aromatic N) is 4. The molecule has 2 aromatic heterocycles. The van der Waals surface area contributed by atoms with E-state index in [2.05, 4.69) is 21.5 Å². The number of aryl methyl sites for hydroxylation is 1. The van der Waals surface area contributed by atoms with Crippen molar-refractivity contribution in [2.75, 3.05) is 0 Å². The highest BCUT2D eigenvalue weighted by Gasteiger charge is 2.01. The fourth-order valence-electron chi connectivity index (χ4n) is 1.05. The van der Waals surface area contributed by atoms with Crippen LogP contribution in [0.25, 0.3) is 17.4 Å². The molecular weight excluding hydrogens is 152 g/mol. The van der Waals surface area contributed by atoms with Crippen molar-refractivity contribution in [2.24, 2.45) is 0 Å². The van der Waals surface area contributed by atoms with Gasteiger partial charge >= 0.3 is 0 Å². The number of aromatic nitrogens is 4. The first-order chi connectivity index (χ1) is 5.81. The van der Waals surface area contributed by atoms with Crippen LogP contribution in [0.15, 0.2) is 19.1 Å². The van der Waals surface area contributed by atoms with E-state index in [0.717, 1.165) is 17.0 Å². The Morgan fingerprint density at radius 3 is 3.08 bits per heavy atom. The Labute approximate surface area is 69.6 Å². The minimum absolute atomic E-state index is 0.742. The molecule has 0 radical (unpaired) electrons. The monoisotopic (exact) mass is 160 g/mol. The minimum Gasteiger partial charge on any atom is -0.291 e. The second-order valence-corrected chi connectivity index (χ2v) is 2.46. The molecule has 0 atom stereocenters. The molecule has 0 N–H and O–H groups in total. The number of hydrogen-bond donors (Lipinski definition) is 0. The first-order valence-electron chi connectivity index (χ1n) is 3.60. The molecule has 2 aromatic rings. The largest absolute Gasteiger partial charge is 0.291 e. The van der Waals surface area contributed by atoms with Gasteiger partial charge in [-0.3, -0.25) is 4.57 Å². The molecule has 0 fully saturated rings. The van der Waals surface area contributed by atoms with E-state index in [-0.39, 0.29) is 0 Å². The second kappa shape index (κ2) is 2.41. The molecule has 2 rings (SSSR count). The van der Waals surface area contributed by atoms with Crippen LogP contribution in [0, 0.1) is 6.92 Å². The van der Waals surface area contributed by atoms with Crippen LogP contribution in [0.3, 0.4) is 0 Å². The molecule has 0 bridgehead atoms. The Hall–Kier alpha value is -1.71. The van der Waals surface area contributed by atoms with Crippen LogP contribution in [0.4, 0.5) is 0 Å². The lowest BCUT2D eigenvalue weighted by Gasteiger charge is -1.93. The number of hydrogen-bond acceptors (Lipinski definition) is 3. The first kappa shape index (κ1) is 6.97. The summed E-state index contributed by atoms with van der Waals surface area (Å²) in [5, 5.41) is 0. The maximum Gasteiger partial charge on any atom is 0.167 e. The zero-order valence-corrected chi connectivity index (χ0v) is 6.73. The summed E-state index contributed by atoms with van der Waals surface area (Å²) in [5.74, 6) is 0.742. The Morgan fingerprint density at radius 1 is 1.50 bits per heavy atom. The fraction of sp³-hybridized carbons (Fsp3) is 0.125. The van der Waals surface area contributed by atoms with Crippen LogP contribution in [-0.2, 0) is 0 Å².